The number of rotatable bonds is 6. The molecule has 0 spiro atoms. The third kappa shape index (κ3) is 5.42. The van der Waals surface area contributed by atoms with Gasteiger partial charge in [-0.05, 0) is 66.5 Å². The second kappa shape index (κ2) is 8.75. The number of aromatic nitrogens is 1. The molecule has 0 atom stereocenters. The van der Waals surface area contributed by atoms with Crippen LogP contribution in [0, 0.1) is 0 Å². The second-order valence-corrected chi connectivity index (χ2v) is 7.44. The largest absolute Gasteiger partial charge is 0.478 e. The van der Waals surface area contributed by atoms with Crippen LogP contribution < -0.4 is 4.31 Å². The van der Waals surface area contributed by atoms with Crippen molar-refractivity contribution < 1.29 is 23.1 Å². The SMILES string of the molecule is O=C(O)c1ccc(SN(Cc2ccccn2)c2ccc(C(F)(F)F)cc2Cl)cc1. The number of nitrogens with zero attached hydrogens (tertiary/aromatic N) is 2. The van der Waals surface area contributed by atoms with E-state index < -0.39 is 17.7 Å². The van der Waals surface area contributed by atoms with Crippen molar-refractivity contribution in [3.63, 3.8) is 0 Å². The Labute approximate surface area is 174 Å². The molecule has 0 aliphatic carbocycles. The number of alkyl halides is 3. The van der Waals surface area contributed by atoms with E-state index in [0.29, 0.717) is 16.3 Å². The van der Waals surface area contributed by atoms with Crippen molar-refractivity contribution in [2.75, 3.05) is 4.31 Å². The molecule has 9 heteroatoms. The molecule has 4 nitrogen and oxygen atoms in total. The fraction of sp³-hybridized carbons (Fsp3) is 0.100. The molecule has 1 heterocycles. The van der Waals surface area contributed by atoms with Gasteiger partial charge in [0.25, 0.3) is 0 Å². The first-order chi connectivity index (χ1) is 13.7. The Balaban J connectivity index is 1.93. The van der Waals surface area contributed by atoms with Gasteiger partial charge in [0, 0.05) is 11.1 Å². The standard InChI is InChI=1S/C20H14ClF3N2O2S/c21-17-11-14(20(22,23)24)6-9-18(17)26(12-15-3-1-2-10-25-15)29-16-7-4-13(5-8-16)19(27)28/h1-11H,12H2,(H,27,28). The number of hydrogen-bond acceptors (Lipinski definition) is 4. The molecule has 0 unspecified atom stereocenters. The molecule has 0 saturated heterocycles. The summed E-state index contributed by atoms with van der Waals surface area (Å²) in [6.45, 7) is 0.275. The lowest BCUT2D eigenvalue weighted by Gasteiger charge is -2.24. The van der Waals surface area contributed by atoms with Gasteiger partial charge in [0.1, 0.15) is 0 Å². The van der Waals surface area contributed by atoms with Crippen LogP contribution in [0.25, 0.3) is 0 Å². The third-order valence-corrected chi connectivity index (χ3v) is 5.22. The number of carboxylic acid groups (broad SMARTS) is 1. The summed E-state index contributed by atoms with van der Waals surface area (Å²) >= 11 is 7.40. The Morgan fingerprint density at radius 3 is 2.38 bits per heavy atom. The molecule has 150 valence electrons. The van der Waals surface area contributed by atoms with Crippen LogP contribution >= 0.6 is 23.5 Å². The summed E-state index contributed by atoms with van der Waals surface area (Å²) in [6, 6.07) is 14.7. The Bertz CT molecular complexity index is 999. The number of aromatic carboxylic acids is 1. The monoisotopic (exact) mass is 438 g/mol. The van der Waals surface area contributed by atoms with Crippen molar-refractivity contribution in [3.8, 4) is 0 Å². The molecule has 3 aromatic rings. The van der Waals surface area contributed by atoms with Crippen LogP contribution in [0.1, 0.15) is 21.6 Å². The molecule has 3 rings (SSSR count). The van der Waals surface area contributed by atoms with E-state index in [4.69, 9.17) is 16.7 Å². The number of anilines is 1. The molecule has 1 N–H and O–H groups in total. The third-order valence-electron chi connectivity index (χ3n) is 3.89. The highest BCUT2D eigenvalue weighted by Gasteiger charge is 2.31. The van der Waals surface area contributed by atoms with Crippen LogP contribution in [0.15, 0.2) is 71.8 Å². The van der Waals surface area contributed by atoms with Gasteiger partial charge < -0.3 is 9.41 Å². The predicted octanol–water partition coefficient (Wildman–Crippen LogP) is 6.17. The van der Waals surface area contributed by atoms with Crippen molar-refractivity contribution in [1.29, 1.82) is 0 Å². The highest BCUT2D eigenvalue weighted by Crippen LogP contribution is 2.39. The molecule has 0 bridgehead atoms. The van der Waals surface area contributed by atoms with Gasteiger partial charge in [0.2, 0.25) is 0 Å². The summed E-state index contributed by atoms with van der Waals surface area (Å²) < 4.78 is 40.6. The number of hydrogen-bond donors (Lipinski definition) is 1. The lowest BCUT2D eigenvalue weighted by atomic mass is 10.2. The molecular formula is C20H14ClF3N2O2S. The predicted molar refractivity (Wildman–Crippen MR) is 106 cm³/mol. The number of carboxylic acids is 1. The number of halogens is 4. The van der Waals surface area contributed by atoms with Gasteiger partial charge in [-0.15, -0.1) is 0 Å². The zero-order chi connectivity index (χ0) is 21.0. The van der Waals surface area contributed by atoms with Crippen LogP contribution in [-0.2, 0) is 12.7 Å². The van der Waals surface area contributed by atoms with Gasteiger partial charge in [-0.1, -0.05) is 17.7 Å². The molecule has 0 fully saturated rings. The number of benzene rings is 2. The molecule has 0 aliphatic heterocycles. The van der Waals surface area contributed by atoms with Gasteiger partial charge in [-0.2, -0.15) is 13.2 Å². The van der Waals surface area contributed by atoms with Gasteiger partial charge in [0.05, 0.1) is 34.1 Å². The first kappa shape index (κ1) is 21.0. The first-order valence-electron chi connectivity index (χ1n) is 8.29. The van der Waals surface area contributed by atoms with Gasteiger partial charge in [-0.25, -0.2) is 4.79 Å². The highest BCUT2D eigenvalue weighted by molar-refractivity contribution is 8.00. The molecule has 1 aromatic heterocycles. The summed E-state index contributed by atoms with van der Waals surface area (Å²) in [7, 11) is 0. The lowest BCUT2D eigenvalue weighted by molar-refractivity contribution is -0.137. The molecule has 2 aromatic carbocycles. The van der Waals surface area contributed by atoms with E-state index in [1.54, 1.807) is 40.8 Å². The van der Waals surface area contributed by atoms with Gasteiger partial charge in [-0.3, -0.25) is 4.98 Å². The van der Waals surface area contributed by atoms with Crippen molar-refractivity contribution >= 4 is 35.2 Å². The topological polar surface area (TPSA) is 53.4 Å². The average molecular weight is 439 g/mol. The fourth-order valence-corrected chi connectivity index (χ4v) is 3.78. The van der Waals surface area contributed by atoms with Crippen molar-refractivity contribution in [2.24, 2.45) is 0 Å². The molecular weight excluding hydrogens is 425 g/mol. The van der Waals surface area contributed by atoms with E-state index in [-0.39, 0.29) is 17.1 Å². The maximum absolute atomic E-state index is 13.0. The summed E-state index contributed by atoms with van der Waals surface area (Å²) in [5.74, 6) is -1.04. The zero-order valence-corrected chi connectivity index (χ0v) is 16.3. The summed E-state index contributed by atoms with van der Waals surface area (Å²) in [4.78, 5) is 16.0. The molecule has 0 saturated carbocycles. The van der Waals surface area contributed by atoms with Crippen LogP contribution in [0.2, 0.25) is 5.02 Å². The average Bonchev–Trinajstić information content (AvgIpc) is 2.68. The number of pyridine rings is 1. The second-order valence-electron chi connectivity index (χ2n) is 5.94. The Morgan fingerprint density at radius 2 is 1.83 bits per heavy atom. The lowest BCUT2D eigenvalue weighted by Crippen LogP contribution is -2.16. The van der Waals surface area contributed by atoms with E-state index in [1.807, 2.05) is 0 Å². The summed E-state index contributed by atoms with van der Waals surface area (Å²) in [5.41, 5.74) is 0.383. The van der Waals surface area contributed by atoms with Crippen molar-refractivity contribution in [3.05, 3.63) is 88.7 Å². The molecule has 0 radical (unpaired) electrons. The van der Waals surface area contributed by atoms with Crippen LogP contribution in [0.4, 0.5) is 18.9 Å². The maximum atomic E-state index is 13.0. The normalized spacial score (nSPS) is 11.3. The highest BCUT2D eigenvalue weighted by atomic mass is 35.5. The van der Waals surface area contributed by atoms with Gasteiger partial charge >= 0.3 is 12.1 Å². The van der Waals surface area contributed by atoms with E-state index in [9.17, 15) is 18.0 Å². The Morgan fingerprint density at radius 1 is 1.10 bits per heavy atom. The Kier molecular flexibility index (Phi) is 6.34. The first-order valence-corrected chi connectivity index (χ1v) is 9.44. The van der Waals surface area contributed by atoms with Crippen molar-refractivity contribution in [2.45, 2.75) is 17.6 Å². The Hall–Kier alpha value is -2.71. The molecule has 0 aliphatic rings. The fourth-order valence-electron chi connectivity index (χ4n) is 2.48. The molecule has 0 amide bonds. The minimum absolute atomic E-state index is 0.0505. The zero-order valence-electron chi connectivity index (χ0n) is 14.7. The smallest absolute Gasteiger partial charge is 0.416 e. The molecule has 29 heavy (non-hydrogen) atoms. The minimum atomic E-state index is -4.49. The summed E-state index contributed by atoms with van der Waals surface area (Å²) in [5, 5.41) is 8.97. The van der Waals surface area contributed by atoms with E-state index in [1.165, 1.54) is 30.1 Å². The van der Waals surface area contributed by atoms with Crippen LogP contribution in [0.5, 0.6) is 0 Å². The van der Waals surface area contributed by atoms with Gasteiger partial charge in [0.15, 0.2) is 0 Å². The minimum Gasteiger partial charge on any atom is -0.478 e. The van der Waals surface area contributed by atoms with Crippen molar-refractivity contribution in [1.82, 2.24) is 4.98 Å². The van der Waals surface area contributed by atoms with E-state index >= 15 is 0 Å². The van der Waals surface area contributed by atoms with E-state index in [2.05, 4.69) is 4.98 Å². The van der Waals surface area contributed by atoms with E-state index in [0.717, 1.165) is 12.1 Å². The number of carbonyl (C=O) groups is 1. The quantitative estimate of drug-likeness (QED) is 0.467. The summed E-state index contributed by atoms with van der Waals surface area (Å²) in [6.07, 6.45) is -2.87. The maximum Gasteiger partial charge on any atom is 0.416 e. The van der Waals surface area contributed by atoms with Crippen LogP contribution in [0.3, 0.4) is 0 Å². The van der Waals surface area contributed by atoms with Crippen LogP contribution in [-0.4, -0.2) is 16.1 Å².